The first-order valence-electron chi connectivity index (χ1n) is 12.7. The first kappa shape index (κ1) is 28.3. The molecule has 1 unspecified atom stereocenters. The molecule has 3 amide bonds. The zero-order valence-corrected chi connectivity index (χ0v) is 22.5. The standard InChI is InChI=1S/C27H36N4O5S/c1-4-6-16-30(17-7-5-2)37(35,36)25-14-10-23(11-15-25)29-27(34)21-18-26(33)31(19-21)24-12-8-22(9-13-24)28-20(3)32/h8-15,21H,4-7,16-19H2,1-3H3,(H,28,32)(H,29,34). The Labute approximate surface area is 219 Å². The second-order valence-electron chi connectivity index (χ2n) is 9.26. The molecule has 1 atom stereocenters. The number of carbonyl (C=O) groups is 3. The highest BCUT2D eigenvalue weighted by molar-refractivity contribution is 7.89. The van der Waals surface area contributed by atoms with Crippen LogP contribution in [0.2, 0.25) is 0 Å². The Bertz CT molecular complexity index is 1190. The van der Waals surface area contributed by atoms with Gasteiger partial charge in [-0.15, -0.1) is 0 Å². The Morgan fingerprint density at radius 2 is 1.46 bits per heavy atom. The molecular formula is C27H36N4O5S. The van der Waals surface area contributed by atoms with Crippen LogP contribution in [0.25, 0.3) is 0 Å². The summed E-state index contributed by atoms with van der Waals surface area (Å²) in [4.78, 5) is 38.4. The minimum atomic E-state index is -3.62. The van der Waals surface area contributed by atoms with E-state index in [4.69, 9.17) is 0 Å². The van der Waals surface area contributed by atoms with Gasteiger partial charge in [0.05, 0.1) is 10.8 Å². The number of hydrogen-bond acceptors (Lipinski definition) is 5. The van der Waals surface area contributed by atoms with E-state index in [1.807, 2.05) is 13.8 Å². The van der Waals surface area contributed by atoms with Gasteiger partial charge in [0.25, 0.3) is 0 Å². The minimum absolute atomic E-state index is 0.0789. The quantitative estimate of drug-likeness (QED) is 0.428. The summed E-state index contributed by atoms with van der Waals surface area (Å²) in [6.45, 7) is 6.69. The Kier molecular flexibility index (Phi) is 9.82. The van der Waals surface area contributed by atoms with Crippen molar-refractivity contribution in [3.8, 4) is 0 Å². The van der Waals surface area contributed by atoms with Gasteiger partial charge in [0, 0.05) is 50.0 Å². The molecule has 0 aromatic heterocycles. The number of amides is 3. The summed E-state index contributed by atoms with van der Waals surface area (Å²) >= 11 is 0. The monoisotopic (exact) mass is 528 g/mol. The number of unbranched alkanes of at least 4 members (excludes halogenated alkanes) is 2. The molecule has 1 saturated heterocycles. The van der Waals surface area contributed by atoms with E-state index >= 15 is 0 Å². The van der Waals surface area contributed by atoms with Crippen LogP contribution in [-0.4, -0.2) is 50.1 Å². The third-order valence-electron chi connectivity index (χ3n) is 6.28. The summed E-state index contributed by atoms with van der Waals surface area (Å²) in [5, 5.41) is 5.49. The zero-order chi connectivity index (χ0) is 27.0. The molecule has 2 aromatic carbocycles. The predicted octanol–water partition coefficient (Wildman–Crippen LogP) is 4.23. The van der Waals surface area contributed by atoms with E-state index in [0.29, 0.717) is 30.2 Å². The van der Waals surface area contributed by atoms with Gasteiger partial charge >= 0.3 is 0 Å². The van der Waals surface area contributed by atoms with Gasteiger partial charge in [-0.25, -0.2) is 8.42 Å². The molecule has 1 aliphatic heterocycles. The van der Waals surface area contributed by atoms with Crippen LogP contribution < -0.4 is 15.5 Å². The van der Waals surface area contributed by atoms with E-state index in [-0.39, 0.29) is 35.6 Å². The molecule has 2 aromatic rings. The topological polar surface area (TPSA) is 116 Å². The summed E-state index contributed by atoms with van der Waals surface area (Å²) in [5.41, 5.74) is 1.75. The van der Waals surface area contributed by atoms with Crippen molar-refractivity contribution in [1.29, 1.82) is 0 Å². The molecule has 0 bridgehead atoms. The first-order valence-corrected chi connectivity index (χ1v) is 14.2. The van der Waals surface area contributed by atoms with Crippen molar-refractivity contribution < 1.29 is 22.8 Å². The van der Waals surface area contributed by atoms with E-state index in [1.165, 1.54) is 23.4 Å². The van der Waals surface area contributed by atoms with E-state index < -0.39 is 15.9 Å². The molecule has 9 nitrogen and oxygen atoms in total. The first-order chi connectivity index (χ1) is 17.6. The van der Waals surface area contributed by atoms with Crippen molar-refractivity contribution >= 4 is 44.8 Å². The van der Waals surface area contributed by atoms with Gasteiger partial charge < -0.3 is 15.5 Å². The Morgan fingerprint density at radius 3 is 2.00 bits per heavy atom. The van der Waals surface area contributed by atoms with E-state index in [1.54, 1.807) is 41.3 Å². The van der Waals surface area contributed by atoms with Crippen LogP contribution >= 0.6 is 0 Å². The van der Waals surface area contributed by atoms with Crippen LogP contribution in [-0.2, 0) is 24.4 Å². The van der Waals surface area contributed by atoms with Gasteiger partial charge in [0.15, 0.2) is 0 Å². The molecule has 0 spiro atoms. The fraction of sp³-hybridized carbons (Fsp3) is 0.444. The molecule has 2 N–H and O–H groups in total. The van der Waals surface area contributed by atoms with Crippen molar-refractivity contribution in [1.82, 2.24) is 4.31 Å². The van der Waals surface area contributed by atoms with Crippen LogP contribution in [0.15, 0.2) is 53.4 Å². The molecule has 10 heteroatoms. The lowest BCUT2D eigenvalue weighted by atomic mass is 10.1. The second kappa shape index (κ2) is 12.8. The smallest absolute Gasteiger partial charge is 0.243 e. The minimum Gasteiger partial charge on any atom is -0.326 e. The van der Waals surface area contributed by atoms with Crippen LogP contribution in [0.1, 0.15) is 52.9 Å². The highest BCUT2D eigenvalue weighted by atomic mass is 32.2. The normalized spacial score (nSPS) is 15.7. The number of rotatable bonds is 12. The highest BCUT2D eigenvalue weighted by Crippen LogP contribution is 2.27. The molecule has 37 heavy (non-hydrogen) atoms. The maximum Gasteiger partial charge on any atom is 0.243 e. The molecule has 0 radical (unpaired) electrons. The highest BCUT2D eigenvalue weighted by Gasteiger charge is 2.35. The number of nitrogens with zero attached hydrogens (tertiary/aromatic N) is 2. The number of anilines is 3. The largest absolute Gasteiger partial charge is 0.326 e. The summed E-state index contributed by atoms with van der Waals surface area (Å²) in [7, 11) is -3.62. The fourth-order valence-corrected chi connectivity index (χ4v) is 5.70. The average molecular weight is 529 g/mol. The van der Waals surface area contributed by atoms with Crippen molar-refractivity contribution in [2.75, 3.05) is 35.2 Å². The molecule has 0 aliphatic carbocycles. The molecule has 0 saturated carbocycles. The maximum absolute atomic E-state index is 13.1. The second-order valence-corrected chi connectivity index (χ2v) is 11.2. The predicted molar refractivity (Wildman–Crippen MR) is 145 cm³/mol. The van der Waals surface area contributed by atoms with Gasteiger partial charge in [-0.05, 0) is 61.4 Å². The summed E-state index contributed by atoms with van der Waals surface area (Å²) in [5.74, 6) is -1.18. The van der Waals surface area contributed by atoms with Gasteiger partial charge in [-0.2, -0.15) is 4.31 Å². The lowest BCUT2D eigenvalue weighted by molar-refractivity contribution is -0.122. The van der Waals surface area contributed by atoms with Crippen LogP contribution in [0.5, 0.6) is 0 Å². The summed E-state index contributed by atoms with van der Waals surface area (Å²) in [6.07, 6.45) is 3.50. The van der Waals surface area contributed by atoms with Crippen molar-refractivity contribution in [2.24, 2.45) is 5.92 Å². The molecule has 3 rings (SSSR count). The Hall–Kier alpha value is -3.24. The molecule has 1 aliphatic rings. The molecule has 200 valence electrons. The zero-order valence-electron chi connectivity index (χ0n) is 21.7. The third kappa shape index (κ3) is 7.39. The van der Waals surface area contributed by atoms with Gasteiger partial charge in [0.2, 0.25) is 27.7 Å². The summed E-state index contributed by atoms with van der Waals surface area (Å²) < 4.78 is 27.8. The number of nitrogens with one attached hydrogen (secondary N) is 2. The molecular weight excluding hydrogens is 492 g/mol. The molecule has 1 fully saturated rings. The SMILES string of the molecule is CCCCN(CCCC)S(=O)(=O)c1ccc(NC(=O)C2CC(=O)N(c3ccc(NC(C)=O)cc3)C2)cc1. The lowest BCUT2D eigenvalue weighted by Crippen LogP contribution is -2.33. The third-order valence-corrected chi connectivity index (χ3v) is 8.19. The Morgan fingerprint density at radius 1 is 0.919 bits per heavy atom. The Balaban J connectivity index is 1.63. The number of sulfonamides is 1. The average Bonchev–Trinajstić information content (AvgIpc) is 3.26. The van der Waals surface area contributed by atoms with E-state index in [9.17, 15) is 22.8 Å². The van der Waals surface area contributed by atoms with Crippen LogP contribution in [0.3, 0.4) is 0 Å². The number of carbonyl (C=O) groups excluding carboxylic acids is 3. The maximum atomic E-state index is 13.1. The lowest BCUT2D eigenvalue weighted by Gasteiger charge is -2.22. The van der Waals surface area contributed by atoms with Crippen molar-refractivity contribution in [3.05, 3.63) is 48.5 Å². The molecule has 1 heterocycles. The van der Waals surface area contributed by atoms with Crippen LogP contribution in [0.4, 0.5) is 17.1 Å². The summed E-state index contributed by atoms with van der Waals surface area (Å²) in [6, 6.07) is 13.1. The van der Waals surface area contributed by atoms with Crippen LogP contribution in [0, 0.1) is 5.92 Å². The van der Waals surface area contributed by atoms with Gasteiger partial charge in [-0.1, -0.05) is 26.7 Å². The van der Waals surface area contributed by atoms with Gasteiger partial charge in [0.1, 0.15) is 0 Å². The van der Waals surface area contributed by atoms with E-state index in [0.717, 1.165) is 25.7 Å². The van der Waals surface area contributed by atoms with E-state index in [2.05, 4.69) is 10.6 Å². The van der Waals surface area contributed by atoms with Crippen molar-refractivity contribution in [2.45, 2.75) is 57.8 Å². The van der Waals surface area contributed by atoms with Crippen molar-refractivity contribution in [3.63, 3.8) is 0 Å². The van der Waals surface area contributed by atoms with Gasteiger partial charge in [-0.3, -0.25) is 14.4 Å². The number of benzene rings is 2. The number of hydrogen-bond donors (Lipinski definition) is 2. The fourth-order valence-electron chi connectivity index (χ4n) is 4.19.